The van der Waals surface area contributed by atoms with Crippen molar-refractivity contribution in [2.24, 2.45) is 0 Å². The largest absolute Gasteiger partial charge is 0.268 e. The van der Waals surface area contributed by atoms with Crippen LogP contribution in [0.5, 0.6) is 0 Å². The van der Waals surface area contributed by atoms with E-state index in [1.54, 1.807) is 0 Å². The fraction of sp³-hybridized carbons (Fsp3) is 0.171. The van der Waals surface area contributed by atoms with E-state index in [0.717, 1.165) is 109 Å². The van der Waals surface area contributed by atoms with Gasteiger partial charge in [0.15, 0.2) is 0 Å². The van der Waals surface area contributed by atoms with Crippen LogP contribution < -0.4 is 9.80 Å². The van der Waals surface area contributed by atoms with Crippen molar-refractivity contribution in [2.45, 2.75) is 79.1 Å². The van der Waals surface area contributed by atoms with Crippen LogP contribution in [0.2, 0.25) is 0 Å². The summed E-state index contributed by atoms with van der Waals surface area (Å²) in [5.74, 6) is 6.47. The van der Waals surface area contributed by atoms with Gasteiger partial charge in [-0.25, -0.2) is 9.80 Å². The van der Waals surface area contributed by atoms with Gasteiger partial charge < -0.3 is 0 Å². The SMILES string of the molecule is CC(C)c1cccc(C(C)C)c1N1C(=O)c2ccc3c4cccc5c(C#Cc6ccc7c8ccc9c%10c(ccc(c%11cccc6c%117)c%108)C(=O)N(c6c(C(C)C)cccc6C(C)C)C9=O)ccc(c6ccc(c2c36)C1=O)c54. The maximum Gasteiger partial charge on any atom is 0.266 e. The molecule has 12 aromatic carbocycles. The summed E-state index contributed by atoms with van der Waals surface area (Å²) in [4.78, 5) is 62.2. The van der Waals surface area contributed by atoms with Gasteiger partial charge in [-0.1, -0.05) is 176 Å². The van der Waals surface area contributed by atoms with E-state index >= 15 is 0 Å². The maximum atomic E-state index is 14.8. The lowest BCUT2D eigenvalue weighted by molar-refractivity contribution is 0.0877. The molecular weight excluding hydrogens is 933 g/mol. The van der Waals surface area contributed by atoms with Gasteiger partial charge in [0.25, 0.3) is 23.6 Å². The molecule has 0 fully saturated rings. The van der Waals surface area contributed by atoms with Crippen molar-refractivity contribution in [1.29, 1.82) is 0 Å². The van der Waals surface area contributed by atoms with Gasteiger partial charge in [0, 0.05) is 44.2 Å². The summed E-state index contributed by atoms with van der Waals surface area (Å²) in [6.07, 6.45) is 0. The highest BCUT2D eigenvalue weighted by Gasteiger charge is 2.40. The van der Waals surface area contributed by atoms with Gasteiger partial charge in [0.05, 0.1) is 11.4 Å². The first-order valence-electron chi connectivity index (χ1n) is 26.6. The van der Waals surface area contributed by atoms with Crippen LogP contribution in [0.4, 0.5) is 11.4 Å². The van der Waals surface area contributed by atoms with Crippen molar-refractivity contribution in [2.75, 3.05) is 9.80 Å². The predicted octanol–water partition coefficient (Wildman–Crippen LogP) is 17.3. The van der Waals surface area contributed by atoms with Crippen molar-refractivity contribution in [1.82, 2.24) is 0 Å². The van der Waals surface area contributed by atoms with Crippen molar-refractivity contribution < 1.29 is 19.2 Å². The molecule has 6 heteroatoms. The molecule has 0 spiro atoms. The minimum Gasteiger partial charge on any atom is -0.268 e. The highest BCUT2D eigenvalue weighted by atomic mass is 16.2. The van der Waals surface area contributed by atoms with E-state index in [2.05, 4.69) is 152 Å². The van der Waals surface area contributed by atoms with E-state index in [1.165, 1.54) is 9.80 Å². The standard InChI is InChI=1S/C70H52N2O4/c1-35(2)41-13-9-14-42(36(3)4)65(41)71-67(73)55-31-27-51-47-19-11-17-45-39(23-25-49(59(45)47)53-29-33-57(69(71)75)63(55)61(51)53)21-22-40-24-26-50-54-30-34-58-64-56(32-28-52(62(54)64)48-20-12-18-46(40)60(48)50)68(74)72(70(58)76)66-43(37(5)6)15-10-16-44(66)38(7)8/h9-20,23-38H,1-8H3. The maximum absolute atomic E-state index is 14.8. The number of fused-ring (bicyclic) bond motifs is 4. The second kappa shape index (κ2) is 16.3. The fourth-order valence-corrected chi connectivity index (χ4v) is 13.3. The number of imide groups is 2. The normalized spacial score (nSPS) is 13.9. The monoisotopic (exact) mass is 984 g/mol. The zero-order valence-electron chi connectivity index (χ0n) is 43.7. The summed E-state index contributed by atoms with van der Waals surface area (Å²) in [5, 5.41) is 15.6. The smallest absolute Gasteiger partial charge is 0.266 e. The molecule has 0 saturated heterocycles. The number of para-hydroxylation sites is 2. The molecule has 0 N–H and O–H groups in total. The molecule has 0 atom stereocenters. The molecule has 6 nitrogen and oxygen atoms in total. The van der Waals surface area contributed by atoms with Crippen molar-refractivity contribution in [3.63, 3.8) is 0 Å². The summed E-state index contributed by atoms with van der Waals surface area (Å²) in [6, 6.07) is 49.3. The first-order chi connectivity index (χ1) is 36.7. The van der Waals surface area contributed by atoms with Gasteiger partial charge in [-0.3, -0.25) is 19.2 Å². The number of benzene rings is 12. The van der Waals surface area contributed by atoms with Gasteiger partial charge in [0.1, 0.15) is 0 Å². The second-order valence-corrected chi connectivity index (χ2v) is 22.3. The lowest BCUT2D eigenvalue weighted by Gasteiger charge is -2.32. The molecule has 2 heterocycles. The number of hydrogen-bond donors (Lipinski definition) is 0. The topological polar surface area (TPSA) is 74.8 Å². The van der Waals surface area contributed by atoms with E-state index in [1.807, 2.05) is 60.7 Å². The molecule has 2 aliphatic heterocycles. The molecule has 0 aliphatic carbocycles. The fourth-order valence-electron chi connectivity index (χ4n) is 13.3. The van der Waals surface area contributed by atoms with Crippen LogP contribution in [0.15, 0.2) is 146 Å². The lowest BCUT2D eigenvalue weighted by atomic mass is 9.83. The summed E-state index contributed by atoms with van der Waals surface area (Å²) >= 11 is 0. The number of amides is 4. The number of hydrogen-bond acceptors (Lipinski definition) is 4. The summed E-state index contributed by atoms with van der Waals surface area (Å²) < 4.78 is 0. The first kappa shape index (κ1) is 45.7. The molecule has 0 unspecified atom stereocenters. The number of nitrogens with zero attached hydrogens (tertiary/aromatic N) is 2. The summed E-state index contributed by atoms with van der Waals surface area (Å²) in [6.45, 7) is 16.8. The second-order valence-electron chi connectivity index (χ2n) is 22.3. The third-order valence-corrected chi connectivity index (χ3v) is 16.8. The van der Waals surface area contributed by atoms with E-state index in [4.69, 9.17) is 0 Å². The van der Waals surface area contributed by atoms with Crippen LogP contribution in [-0.2, 0) is 0 Å². The zero-order valence-corrected chi connectivity index (χ0v) is 43.7. The van der Waals surface area contributed by atoms with E-state index < -0.39 is 0 Å². The third kappa shape index (κ3) is 6.06. The van der Waals surface area contributed by atoms with Gasteiger partial charge in [-0.2, -0.15) is 0 Å². The van der Waals surface area contributed by atoms with Crippen LogP contribution >= 0.6 is 0 Å². The Kier molecular flexibility index (Phi) is 9.79. The Labute approximate surface area is 440 Å². The minimum absolute atomic E-state index is 0.107. The minimum atomic E-state index is -0.294. The molecular formula is C70H52N2O4. The van der Waals surface area contributed by atoms with E-state index in [9.17, 15) is 19.2 Å². The van der Waals surface area contributed by atoms with Crippen LogP contribution in [-0.4, -0.2) is 23.6 Å². The Morgan fingerprint density at radius 3 is 0.829 bits per heavy atom. The number of anilines is 2. The van der Waals surface area contributed by atoms with Gasteiger partial charge in [-0.15, -0.1) is 0 Å². The van der Waals surface area contributed by atoms with Gasteiger partial charge >= 0.3 is 0 Å². The molecule has 76 heavy (non-hydrogen) atoms. The van der Waals surface area contributed by atoms with Crippen LogP contribution in [0.25, 0.3) is 86.2 Å². The molecule has 0 saturated carbocycles. The first-order valence-corrected chi connectivity index (χ1v) is 26.6. The number of rotatable bonds is 6. The van der Waals surface area contributed by atoms with Crippen LogP contribution in [0.3, 0.4) is 0 Å². The average Bonchev–Trinajstić information content (AvgIpc) is 3.62. The number of carbonyl (C=O) groups is 4. The molecule has 14 rings (SSSR count). The lowest BCUT2D eigenvalue weighted by Crippen LogP contribution is -2.41. The van der Waals surface area contributed by atoms with E-state index in [-0.39, 0.29) is 47.3 Å². The zero-order chi connectivity index (χ0) is 52.3. The van der Waals surface area contributed by atoms with Crippen LogP contribution in [0.1, 0.15) is 154 Å². The van der Waals surface area contributed by atoms with Crippen molar-refractivity contribution in [3.8, 4) is 11.8 Å². The van der Waals surface area contributed by atoms with Gasteiger partial charge in [-0.05, 0) is 158 Å². The van der Waals surface area contributed by atoms with Crippen LogP contribution in [0, 0.1) is 11.8 Å². The molecule has 0 aromatic heterocycles. The Morgan fingerprint density at radius 1 is 0.276 bits per heavy atom. The molecule has 4 amide bonds. The molecule has 0 radical (unpaired) electrons. The third-order valence-electron chi connectivity index (χ3n) is 16.8. The highest BCUT2D eigenvalue weighted by Crippen LogP contribution is 2.49. The highest BCUT2D eigenvalue weighted by molar-refractivity contribution is 6.44. The van der Waals surface area contributed by atoms with Gasteiger partial charge in [0.2, 0.25) is 0 Å². The van der Waals surface area contributed by atoms with Crippen molar-refractivity contribution in [3.05, 3.63) is 201 Å². The quantitative estimate of drug-likeness (QED) is 0.0720. The molecule has 12 aromatic rings. The van der Waals surface area contributed by atoms with Crippen molar-refractivity contribution >= 4 is 121 Å². The summed E-state index contributed by atoms with van der Waals surface area (Å²) in [7, 11) is 0. The Morgan fingerprint density at radius 2 is 0.526 bits per heavy atom. The summed E-state index contributed by atoms with van der Waals surface area (Å²) in [5.41, 5.74) is 9.26. The number of carbonyl (C=O) groups excluding carboxylic acids is 4. The molecule has 2 aliphatic rings. The Balaban J connectivity index is 0.888. The molecule has 366 valence electrons. The predicted molar refractivity (Wildman–Crippen MR) is 313 cm³/mol. The molecule has 0 bridgehead atoms. The van der Waals surface area contributed by atoms with E-state index in [0.29, 0.717) is 44.4 Å². The Bertz CT molecular complexity index is 4210. The average molecular weight is 985 g/mol. The Hall–Kier alpha value is -8.92.